The first-order valence-corrected chi connectivity index (χ1v) is 10.0. The average Bonchev–Trinajstić information content (AvgIpc) is 3.01. The molecule has 0 aliphatic heterocycles. The van der Waals surface area contributed by atoms with Crippen molar-refractivity contribution in [1.82, 2.24) is 0 Å². The highest BCUT2D eigenvalue weighted by atomic mass is 35.5. The number of hydrogen-bond acceptors (Lipinski definition) is 3. The number of ether oxygens (including phenoxy) is 1. The molecule has 3 rings (SSSR count). The van der Waals surface area contributed by atoms with Crippen molar-refractivity contribution in [1.29, 1.82) is 0 Å². The summed E-state index contributed by atoms with van der Waals surface area (Å²) in [5, 5.41) is 0.524. The second-order valence-electron chi connectivity index (χ2n) is 6.04. The maximum Gasteiger partial charge on any atom is 0.236 e. The summed E-state index contributed by atoms with van der Waals surface area (Å²) in [4.78, 5) is 0. The van der Waals surface area contributed by atoms with Gasteiger partial charge in [-0.3, -0.25) is 4.72 Å². The first-order chi connectivity index (χ1) is 11.5. The van der Waals surface area contributed by atoms with Crippen LogP contribution in [0.2, 0.25) is 5.02 Å². The average molecular weight is 366 g/mol. The van der Waals surface area contributed by atoms with Gasteiger partial charge in [-0.25, -0.2) is 8.42 Å². The molecule has 0 spiro atoms. The molecule has 0 unspecified atom stereocenters. The molecule has 0 saturated heterocycles. The van der Waals surface area contributed by atoms with Crippen molar-refractivity contribution < 1.29 is 13.2 Å². The van der Waals surface area contributed by atoms with Crippen molar-refractivity contribution in [2.75, 3.05) is 4.72 Å². The van der Waals surface area contributed by atoms with Crippen LogP contribution in [0.25, 0.3) is 0 Å². The van der Waals surface area contributed by atoms with E-state index in [2.05, 4.69) is 4.72 Å². The SMILES string of the molecule is O=S(=O)(Cc1cccc(Cl)c1)Nc1ccc(OC2CCCC2)cc1. The van der Waals surface area contributed by atoms with Crippen molar-refractivity contribution in [3.63, 3.8) is 0 Å². The van der Waals surface area contributed by atoms with E-state index in [4.69, 9.17) is 16.3 Å². The molecule has 0 heterocycles. The lowest BCUT2D eigenvalue weighted by Gasteiger charge is -2.14. The second kappa shape index (κ2) is 7.45. The third kappa shape index (κ3) is 4.89. The maximum atomic E-state index is 12.3. The zero-order valence-electron chi connectivity index (χ0n) is 13.2. The van der Waals surface area contributed by atoms with E-state index in [-0.39, 0.29) is 11.9 Å². The molecule has 24 heavy (non-hydrogen) atoms. The van der Waals surface area contributed by atoms with Gasteiger partial charge >= 0.3 is 0 Å². The van der Waals surface area contributed by atoms with Crippen molar-refractivity contribution in [3.05, 3.63) is 59.1 Å². The lowest BCUT2D eigenvalue weighted by Crippen LogP contribution is -2.15. The predicted molar refractivity (Wildman–Crippen MR) is 97.0 cm³/mol. The minimum atomic E-state index is -3.49. The highest BCUT2D eigenvalue weighted by Crippen LogP contribution is 2.25. The molecule has 0 atom stereocenters. The second-order valence-corrected chi connectivity index (χ2v) is 8.20. The molecule has 0 bridgehead atoms. The topological polar surface area (TPSA) is 55.4 Å². The Morgan fingerprint density at radius 3 is 2.46 bits per heavy atom. The van der Waals surface area contributed by atoms with Crippen LogP contribution in [0.4, 0.5) is 5.69 Å². The Labute approximate surface area is 147 Å². The Morgan fingerprint density at radius 1 is 1.08 bits per heavy atom. The summed E-state index contributed by atoms with van der Waals surface area (Å²) < 4.78 is 33.0. The van der Waals surface area contributed by atoms with Crippen molar-refractivity contribution in [2.24, 2.45) is 0 Å². The van der Waals surface area contributed by atoms with Gasteiger partial charge in [-0.05, 0) is 67.6 Å². The molecule has 0 amide bonds. The van der Waals surface area contributed by atoms with Crippen LogP contribution in [0.5, 0.6) is 5.75 Å². The van der Waals surface area contributed by atoms with E-state index in [1.807, 2.05) is 0 Å². The summed E-state index contributed by atoms with van der Waals surface area (Å²) in [7, 11) is -3.49. The fourth-order valence-corrected chi connectivity index (χ4v) is 4.26. The summed E-state index contributed by atoms with van der Waals surface area (Å²) in [6.07, 6.45) is 4.90. The van der Waals surface area contributed by atoms with Crippen LogP contribution in [0, 0.1) is 0 Å². The van der Waals surface area contributed by atoms with Gasteiger partial charge in [-0.2, -0.15) is 0 Å². The van der Waals surface area contributed by atoms with Gasteiger partial charge in [0.2, 0.25) is 10.0 Å². The number of benzene rings is 2. The Kier molecular flexibility index (Phi) is 5.31. The van der Waals surface area contributed by atoms with Gasteiger partial charge in [-0.15, -0.1) is 0 Å². The maximum absolute atomic E-state index is 12.3. The van der Waals surface area contributed by atoms with Crippen LogP contribution >= 0.6 is 11.6 Å². The quantitative estimate of drug-likeness (QED) is 0.813. The summed E-state index contributed by atoms with van der Waals surface area (Å²) >= 11 is 5.89. The fourth-order valence-electron chi connectivity index (χ4n) is 2.86. The highest BCUT2D eigenvalue weighted by molar-refractivity contribution is 7.91. The fraction of sp³-hybridized carbons (Fsp3) is 0.333. The third-order valence-electron chi connectivity index (χ3n) is 3.98. The summed E-state index contributed by atoms with van der Waals surface area (Å²) in [6.45, 7) is 0. The van der Waals surface area contributed by atoms with Crippen LogP contribution in [0.1, 0.15) is 31.2 Å². The van der Waals surface area contributed by atoms with Gasteiger partial charge in [0.15, 0.2) is 0 Å². The standard InChI is InChI=1S/C18H20ClNO3S/c19-15-5-3-4-14(12-15)13-24(21,22)20-16-8-10-18(11-9-16)23-17-6-1-2-7-17/h3-5,8-12,17,20H,1-2,6-7,13H2. The Morgan fingerprint density at radius 2 is 1.79 bits per heavy atom. The van der Waals surface area contributed by atoms with Crippen LogP contribution in [0.15, 0.2) is 48.5 Å². The molecule has 4 nitrogen and oxygen atoms in total. The number of sulfonamides is 1. The molecule has 1 aliphatic rings. The number of nitrogens with one attached hydrogen (secondary N) is 1. The molecule has 2 aromatic carbocycles. The van der Waals surface area contributed by atoms with Crippen LogP contribution < -0.4 is 9.46 Å². The Hall–Kier alpha value is -1.72. The zero-order valence-corrected chi connectivity index (χ0v) is 14.8. The lowest BCUT2D eigenvalue weighted by molar-refractivity contribution is 0.210. The molecule has 1 aliphatic carbocycles. The molecule has 0 aromatic heterocycles. The van der Waals surface area contributed by atoms with Crippen molar-refractivity contribution in [3.8, 4) is 5.75 Å². The molecule has 2 aromatic rings. The minimum Gasteiger partial charge on any atom is -0.490 e. The minimum absolute atomic E-state index is 0.117. The lowest BCUT2D eigenvalue weighted by atomic mass is 10.2. The van der Waals surface area contributed by atoms with Gasteiger partial charge in [-0.1, -0.05) is 23.7 Å². The summed E-state index contributed by atoms with van der Waals surface area (Å²) in [5.74, 6) is 0.660. The first-order valence-electron chi connectivity index (χ1n) is 8.02. The molecule has 1 N–H and O–H groups in total. The summed E-state index contributed by atoms with van der Waals surface area (Å²) in [5.41, 5.74) is 1.17. The van der Waals surface area contributed by atoms with Gasteiger partial charge < -0.3 is 4.74 Å². The third-order valence-corrected chi connectivity index (χ3v) is 5.47. The van der Waals surface area contributed by atoms with Crippen LogP contribution in [-0.4, -0.2) is 14.5 Å². The number of hydrogen-bond donors (Lipinski definition) is 1. The van der Waals surface area contributed by atoms with Gasteiger partial charge in [0.05, 0.1) is 11.9 Å². The molecule has 1 fully saturated rings. The van der Waals surface area contributed by atoms with Crippen molar-refractivity contribution >= 4 is 27.3 Å². The number of anilines is 1. The van der Waals surface area contributed by atoms with Gasteiger partial charge in [0.1, 0.15) is 5.75 Å². The molecule has 1 saturated carbocycles. The van der Waals surface area contributed by atoms with E-state index in [1.54, 1.807) is 48.5 Å². The highest BCUT2D eigenvalue weighted by Gasteiger charge is 2.16. The van der Waals surface area contributed by atoms with E-state index in [9.17, 15) is 8.42 Å². The number of rotatable bonds is 6. The van der Waals surface area contributed by atoms with E-state index >= 15 is 0 Å². The zero-order chi connectivity index (χ0) is 17.0. The van der Waals surface area contributed by atoms with Gasteiger partial charge in [0, 0.05) is 10.7 Å². The van der Waals surface area contributed by atoms with Gasteiger partial charge in [0.25, 0.3) is 0 Å². The Balaban J connectivity index is 1.61. The van der Waals surface area contributed by atoms with E-state index in [1.165, 1.54) is 12.8 Å². The monoisotopic (exact) mass is 365 g/mol. The molecular formula is C18H20ClNO3S. The smallest absolute Gasteiger partial charge is 0.236 e. The Bertz CT molecular complexity index is 784. The van der Waals surface area contributed by atoms with Crippen molar-refractivity contribution in [2.45, 2.75) is 37.5 Å². The van der Waals surface area contributed by atoms with Crippen LogP contribution in [-0.2, 0) is 15.8 Å². The summed E-state index contributed by atoms with van der Waals surface area (Å²) in [6, 6.07) is 13.9. The molecule has 128 valence electrons. The normalized spacial score (nSPS) is 15.4. The predicted octanol–water partition coefficient (Wildman–Crippen LogP) is 4.60. The van der Waals surface area contributed by atoms with E-state index in [0.717, 1.165) is 18.6 Å². The van der Waals surface area contributed by atoms with E-state index in [0.29, 0.717) is 16.3 Å². The first kappa shape index (κ1) is 17.1. The number of halogens is 1. The molecular weight excluding hydrogens is 346 g/mol. The molecule has 0 radical (unpaired) electrons. The largest absolute Gasteiger partial charge is 0.490 e. The molecule has 6 heteroatoms. The van der Waals surface area contributed by atoms with E-state index < -0.39 is 10.0 Å². The van der Waals surface area contributed by atoms with Crippen LogP contribution in [0.3, 0.4) is 0 Å².